The van der Waals surface area contributed by atoms with Gasteiger partial charge in [0.2, 0.25) is 5.91 Å². The number of carbonyl (C=O) groups excluding carboxylic acids is 2. The normalized spacial score (nSPS) is 9.60. The van der Waals surface area contributed by atoms with Gasteiger partial charge in [-0.05, 0) is 12.1 Å². The molecule has 0 spiro atoms. The molecule has 0 aliphatic rings. The quantitative estimate of drug-likeness (QED) is 0.486. The molecule has 0 aliphatic heterocycles. The van der Waals surface area contributed by atoms with Crippen LogP contribution in [-0.4, -0.2) is 23.3 Å². The molecule has 0 unspecified atom stereocenters. The van der Waals surface area contributed by atoms with E-state index < -0.39 is 11.8 Å². The van der Waals surface area contributed by atoms with Crippen molar-refractivity contribution in [3.8, 4) is 0 Å². The van der Waals surface area contributed by atoms with Crippen molar-refractivity contribution < 1.29 is 9.59 Å². The number of rotatable bonds is 4. The van der Waals surface area contributed by atoms with E-state index in [1.54, 1.807) is 0 Å². The lowest BCUT2D eigenvalue weighted by molar-refractivity contribution is -0.116. The lowest BCUT2D eigenvalue weighted by Gasteiger charge is -2.07. The monoisotopic (exact) mass is 209 g/mol. The molecule has 0 radical (unpaired) electrons. The van der Waals surface area contributed by atoms with Crippen LogP contribution in [0.1, 0.15) is 10.5 Å². The molecule has 7 nitrogen and oxygen atoms in total. The van der Waals surface area contributed by atoms with Crippen molar-refractivity contribution in [2.75, 3.05) is 17.6 Å². The lowest BCUT2D eigenvalue weighted by Crippen LogP contribution is -2.23. The van der Waals surface area contributed by atoms with Gasteiger partial charge in [-0.2, -0.15) is 0 Å². The van der Waals surface area contributed by atoms with Crippen LogP contribution in [0.4, 0.5) is 11.5 Å². The predicted octanol–water partition coefficient (Wildman–Crippen LogP) is -1.34. The minimum Gasteiger partial charge on any atom is -0.396 e. The minimum absolute atomic E-state index is 0.0659. The summed E-state index contributed by atoms with van der Waals surface area (Å²) in [5, 5.41) is 2.59. The molecule has 15 heavy (non-hydrogen) atoms. The second kappa shape index (κ2) is 4.27. The number of pyridine rings is 1. The van der Waals surface area contributed by atoms with Gasteiger partial charge in [-0.3, -0.25) is 9.59 Å². The van der Waals surface area contributed by atoms with Crippen LogP contribution in [0, 0.1) is 0 Å². The van der Waals surface area contributed by atoms with E-state index in [1.165, 1.54) is 12.1 Å². The zero-order chi connectivity index (χ0) is 11.4. The number of nitrogens with two attached hydrogens (primary N) is 3. The van der Waals surface area contributed by atoms with Gasteiger partial charge in [0.1, 0.15) is 5.69 Å². The highest BCUT2D eigenvalue weighted by Crippen LogP contribution is 2.14. The van der Waals surface area contributed by atoms with Gasteiger partial charge in [-0.25, -0.2) is 4.98 Å². The first-order chi connectivity index (χ1) is 7.00. The lowest BCUT2D eigenvalue weighted by atomic mass is 10.3. The van der Waals surface area contributed by atoms with Crippen LogP contribution in [0.15, 0.2) is 12.1 Å². The maximum atomic E-state index is 10.8. The fourth-order valence-electron chi connectivity index (χ4n) is 0.920. The molecule has 1 heterocycles. The van der Waals surface area contributed by atoms with Crippen molar-refractivity contribution in [1.29, 1.82) is 0 Å². The summed E-state index contributed by atoms with van der Waals surface area (Å²) in [4.78, 5) is 25.1. The molecule has 0 saturated carbocycles. The second-order valence-electron chi connectivity index (χ2n) is 2.82. The topological polar surface area (TPSA) is 137 Å². The van der Waals surface area contributed by atoms with Gasteiger partial charge in [-0.15, -0.1) is 0 Å². The Morgan fingerprint density at radius 1 is 1.33 bits per heavy atom. The van der Waals surface area contributed by atoms with E-state index in [0.717, 1.165) is 0 Å². The Kier molecular flexibility index (Phi) is 3.06. The molecule has 2 amide bonds. The van der Waals surface area contributed by atoms with Gasteiger partial charge in [-0.1, -0.05) is 0 Å². The highest BCUT2D eigenvalue weighted by atomic mass is 16.1. The summed E-state index contributed by atoms with van der Waals surface area (Å²) in [6.45, 7) is -0.112. The highest BCUT2D eigenvalue weighted by Gasteiger charge is 2.07. The first kappa shape index (κ1) is 10.8. The van der Waals surface area contributed by atoms with Gasteiger partial charge in [0, 0.05) is 0 Å². The van der Waals surface area contributed by atoms with E-state index in [2.05, 4.69) is 10.3 Å². The largest absolute Gasteiger partial charge is 0.396 e. The molecule has 0 saturated heterocycles. The smallest absolute Gasteiger partial charge is 0.267 e. The summed E-state index contributed by atoms with van der Waals surface area (Å²) in [5.41, 5.74) is 15.9. The molecule has 0 atom stereocenters. The molecule has 80 valence electrons. The van der Waals surface area contributed by atoms with E-state index in [1.807, 2.05) is 0 Å². The number of hydrogen-bond donors (Lipinski definition) is 4. The number of hydrogen-bond acceptors (Lipinski definition) is 5. The molecule has 0 fully saturated rings. The number of nitrogen functional groups attached to an aromatic ring is 1. The summed E-state index contributed by atoms with van der Waals surface area (Å²) < 4.78 is 0. The Morgan fingerprint density at radius 3 is 2.53 bits per heavy atom. The van der Waals surface area contributed by atoms with Crippen LogP contribution in [0.25, 0.3) is 0 Å². The van der Waals surface area contributed by atoms with E-state index in [9.17, 15) is 9.59 Å². The van der Waals surface area contributed by atoms with Crippen molar-refractivity contribution >= 4 is 23.3 Å². The molecule has 7 N–H and O–H groups in total. The van der Waals surface area contributed by atoms with Gasteiger partial charge < -0.3 is 22.5 Å². The Morgan fingerprint density at radius 2 is 2.00 bits per heavy atom. The summed E-state index contributed by atoms with van der Waals surface area (Å²) in [5.74, 6) is -1.01. The number of aromatic nitrogens is 1. The maximum Gasteiger partial charge on any atom is 0.267 e. The Hall–Kier alpha value is -2.31. The third kappa shape index (κ3) is 2.83. The number of nitrogens with zero attached hydrogens (tertiary/aromatic N) is 1. The predicted molar refractivity (Wildman–Crippen MR) is 54.9 cm³/mol. The second-order valence-corrected chi connectivity index (χ2v) is 2.82. The summed E-state index contributed by atoms with van der Waals surface area (Å²) >= 11 is 0. The Balaban J connectivity index is 2.90. The van der Waals surface area contributed by atoms with Crippen LogP contribution in [-0.2, 0) is 4.79 Å². The number of primary amides is 2. The zero-order valence-corrected chi connectivity index (χ0v) is 7.86. The third-order valence-corrected chi connectivity index (χ3v) is 1.61. The maximum absolute atomic E-state index is 10.8. The molecule has 0 aliphatic carbocycles. The van der Waals surface area contributed by atoms with Gasteiger partial charge in [0.05, 0.1) is 12.2 Å². The van der Waals surface area contributed by atoms with Crippen LogP contribution < -0.4 is 22.5 Å². The molecule has 1 aromatic rings. The summed E-state index contributed by atoms with van der Waals surface area (Å²) in [7, 11) is 0. The van der Waals surface area contributed by atoms with Crippen LogP contribution >= 0.6 is 0 Å². The van der Waals surface area contributed by atoms with Crippen molar-refractivity contribution in [3.05, 3.63) is 17.8 Å². The van der Waals surface area contributed by atoms with Gasteiger partial charge in [0.15, 0.2) is 5.82 Å². The molecular formula is C8H11N5O2. The Bertz CT molecular complexity index is 404. The first-order valence-corrected chi connectivity index (χ1v) is 4.09. The standard InChI is InChI=1S/C8H11N5O2/c9-4-1-2-5(7(11)15)13-8(4)12-3-6(10)14/h1-2H,3,9H2,(H2,10,14)(H2,11,15)(H,12,13). The third-order valence-electron chi connectivity index (χ3n) is 1.61. The van der Waals surface area contributed by atoms with Crippen LogP contribution in [0.5, 0.6) is 0 Å². The fourth-order valence-corrected chi connectivity index (χ4v) is 0.920. The highest BCUT2D eigenvalue weighted by molar-refractivity contribution is 5.92. The number of nitrogens with one attached hydrogen (secondary N) is 1. The SMILES string of the molecule is NC(=O)CNc1nc(C(N)=O)ccc1N. The minimum atomic E-state index is -0.669. The Labute approximate surface area is 85.6 Å². The average molecular weight is 209 g/mol. The van der Waals surface area contributed by atoms with E-state index in [0.29, 0.717) is 5.69 Å². The van der Waals surface area contributed by atoms with Crippen molar-refractivity contribution in [2.45, 2.75) is 0 Å². The summed E-state index contributed by atoms with van der Waals surface area (Å²) in [6.07, 6.45) is 0. The van der Waals surface area contributed by atoms with E-state index in [-0.39, 0.29) is 18.1 Å². The van der Waals surface area contributed by atoms with Crippen LogP contribution in [0.3, 0.4) is 0 Å². The van der Waals surface area contributed by atoms with E-state index >= 15 is 0 Å². The van der Waals surface area contributed by atoms with Crippen LogP contribution in [0.2, 0.25) is 0 Å². The molecular weight excluding hydrogens is 198 g/mol. The van der Waals surface area contributed by atoms with Crippen molar-refractivity contribution in [1.82, 2.24) is 4.98 Å². The fraction of sp³-hybridized carbons (Fsp3) is 0.125. The van der Waals surface area contributed by atoms with Crippen molar-refractivity contribution in [3.63, 3.8) is 0 Å². The number of amides is 2. The molecule has 1 rings (SSSR count). The molecule has 0 aromatic carbocycles. The van der Waals surface area contributed by atoms with Gasteiger partial charge >= 0.3 is 0 Å². The molecule has 0 bridgehead atoms. The molecule has 1 aromatic heterocycles. The van der Waals surface area contributed by atoms with Crippen molar-refractivity contribution in [2.24, 2.45) is 11.5 Å². The number of anilines is 2. The zero-order valence-electron chi connectivity index (χ0n) is 7.86. The van der Waals surface area contributed by atoms with Gasteiger partial charge in [0.25, 0.3) is 5.91 Å². The summed E-state index contributed by atoms with van der Waals surface area (Å²) in [6, 6.07) is 2.86. The number of carbonyl (C=O) groups is 2. The molecule has 7 heteroatoms. The van der Waals surface area contributed by atoms with E-state index in [4.69, 9.17) is 17.2 Å². The first-order valence-electron chi connectivity index (χ1n) is 4.09. The average Bonchev–Trinajstić information content (AvgIpc) is 2.16.